The lowest BCUT2D eigenvalue weighted by Gasteiger charge is -2.24. The van der Waals surface area contributed by atoms with E-state index >= 15 is 0 Å². The molecule has 0 spiro atoms. The minimum Gasteiger partial charge on any atom is -0.396 e. The number of para-hydroxylation sites is 1. The molecule has 0 bridgehead atoms. The van der Waals surface area contributed by atoms with E-state index in [1.165, 1.54) is 0 Å². The van der Waals surface area contributed by atoms with Crippen LogP contribution >= 0.6 is 11.6 Å². The zero-order chi connectivity index (χ0) is 16.4. The lowest BCUT2D eigenvalue weighted by molar-refractivity contribution is 0.188. The fourth-order valence-electron chi connectivity index (χ4n) is 2.68. The van der Waals surface area contributed by atoms with Gasteiger partial charge in [-0.2, -0.15) is 0 Å². The third-order valence-electron chi connectivity index (χ3n) is 3.76. The Labute approximate surface area is 138 Å². The molecule has 1 aliphatic rings. The summed E-state index contributed by atoms with van der Waals surface area (Å²) in [5.41, 5.74) is 7.92. The van der Waals surface area contributed by atoms with Gasteiger partial charge in [-0.25, -0.2) is 8.78 Å². The van der Waals surface area contributed by atoms with Gasteiger partial charge in [-0.1, -0.05) is 29.8 Å². The van der Waals surface area contributed by atoms with Gasteiger partial charge in [0, 0.05) is 29.4 Å². The molecule has 0 aromatic heterocycles. The Morgan fingerprint density at radius 1 is 1.13 bits per heavy atom. The maximum absolute atomic E-state index is 13.1. The van der Waals surface area contributed by atoms with Crippen molar-refractivity contribution in [2.75, 3.05) is 18.0 Å². The number of alkyl halides is 2. The van der Waals surface area contributed by atoms with Crippen molar-refractivity contribution in [3.05, 3.63) is 64.8 Å². The molecule has 0 radical (unpaired) electrons. The first kappa shape index (κ1) is 15.6. The first-order valence-electron chi connectivity index (χ1n) is 7.22. The van der Waals surface area contributed by atoms with Crippen molar-refractivity contribution >= 4 is 28.7 Å². The Morgan fingerprint density at radius 3 is 2.52 bits per heavy atom. The highest BCUT2D eigenvalue weighted by molar-refractivity contribution is 6.30. The molecule has 1 aliphatic heterocycles. The number of hydrogen-bond donors (Lipinski definition) is 2. The van der Waals surface area contributed by atoms with Crippen molar-refractivity contribution in [1.82, 2.24) is 5.32 Å². The van der Waals surface area contributed by atoms with E-state index in [9.17, 15) is 8.78 Å². The molecular weight excluding hydrogens is 320 g/mol. The topological polar surface area (TPSA) is 41.3 Å². The number of fused-ring (bicyclic) bond motifs is 1. The van der Waals surface area contributed by atoms with Gasteiger partial charge in [0.15, 0.2) is 0 Å². The summed E-state index contributed by atoms with van der Waals surface area (Å²) in [7, 11) is 0. The van der Waals surface area contributed by atoms with Crippen LogP contribution in [-0.4, -0.2) is 19.5 Å². The summed E-state index contributed by atoms with van der Waals surface area (Å²) < 4.78 is 26.1. The standard InChI is InChI=1S/C17H16ClF2N3/c18-11-5-7-12(8-6-11)23-10-9-22-16(15(21)17(19)20)13-3-1-2-4-14(13)23/h1-8,17,22H,9-10,21H2. The molecule has 3 N–H and O–H groups in total. The van der Waals surface area contributed by atoms with Crippen LogP contribution < -0.4 is 16.0 Å². The number of anilines is 2. The minimum atomic E-state index is -2.70. The van der Waals surface area contributed by atoms with Gasteiger partial charge in [-0.05, 0) is 30.3 Å². The maximum atomic E-state index is 13.1. The van der Waals surface area contributed by atoms with E-state index in [4.69, 9.17) is 17.3 Å². The van der Waals surface area contributed by atoms with Crippen LogP contribution in [0.1, 0.15) is 5.56 Å². The second-order valence-electron chi connectivity index (χ2n) is 5.20. The monoisotopic (exact) mass is 335 g/mol. The number of benzene rings is 2. The molecule has 0 aliphatic carbocycles. The second-order valence-corrected chi connectivity index (χ2v) is 5.64. The summed E-state index contributed by atoms with van der Waals surface area (Å²) >= 11 is 5.94. The Balaban J connectivity index is 2.12. The number of nitrogens with two attached hydrogens (primary N) is 1. The van der Waals surface area contributed by atoms with Crippen LogP contribution in [0.3, 0.4) is 0 Å². The SMILES string of the molecule is NC(=C1NCCN(c2ccc(Cl)cc2)c2ccccc21)C(F)F. The molecule has 0 fully saturated rings. The largest absolute Gasteiger partial charge is 0.396 e. The maximum Gasteiger partial charge on any atom is 0.279 e. The number of nitrogens with zero attached hydrogens (tertiary/aromatic N) is 1. The fraction of sp³-hybridized carbons (Fsp3) is 0.176. The van der Waals surface area contributed by atoms with E-state index in [2.05, 4.69) is 10.2 Å². The zero-order valence-corrected chi connectivity index (χ0v) is 13.0. The highest BCUT2D eigenvalue weighted by Crippen LogP contribution is 2.35. The Morgan fingerprint density at radius 2 is 1.83 bits per heavy atom. The molecule has 120 valence electrons. The predicted octanol–water partition coefficient (Wildman–Crippen LogP) is 3.97. The molecule has 3 rings (SSSR count). The van der Waals surface area contributed by atoms with Crippen LogP contribution in [0.2, 0.25) is 5.02 Å². The van der Waals surface area contributed by atoms with E-state index in [0.29, 0.717) is 29.4 Å². The van der Waals surface area contributed by atoms with Crippen LogP contribution in [0.5, 0.6) is 0 Å². The van der Waals surface area contributed by atoms with Gasteiger partial charge in [0.1, 0.15) is 0 Å². The predicted molar refractivity (Wildman–Crippen MR) is 90.0 cm³/mol. The molecule has 0 amide bonds. The number of allylic oxidation sites excluding steroid dienone is 1. The molecule has 0 unspecified atom stereocenters. The zero-order valence-electron chi connectivity index (χ0n) is 12.3. The first-order valence-corrected chi connectivity index (χ1v) is 7.60. The highest BCUT2D eigenvalue weighted by atomic mass is 35.5. The number of hydrogen-bond acceptors (Lipinski definition) is 3. The van der Waals surface area contributed by atoms with Gasteiger partial charge in [0.2, 0.25) is 0 Å². The normalized spacial score (nSPS) is 16.6. The third kappa shape index (κ3) is 3.10. The molecule has 1 heterocycles. The lowest BCUT2D eigenvalue weighted by Crippen LogP contribution is -2.25. The summed E-state index contributed by atoms with van der Waals surface area (Å²) in [6, 6.07) is 14.8. The molecule has 3 nitrogen and oxygen atoms in total. The van der Waals surface area contributed by atoms with Gasteiger partial charge in [-0.15, -0.1) is 0 Å². The number of nitrogens with one attached hydrogen (secondary N) is 1. The smallest absolute Gasteiger partial charge is 0.279 e. The van der Waals surface area contributed by atoms with Gasteiger partial charge < -0.3 is 16.0 Å². The van der Waals surface area contributed by atoms with E-state index in [1.807, 2.05) is 42.5 Å². The van der Waals surface area contributed by atoms with Crippen LogP contribution in [0.25, 0.3) is 5.70 Å². The Bertz CT molecular complexity index is 729. The molecule has 0 atom stereocenters. The van der Waals surface area contributed by atoms with E-state index in [0.717, 1.165) is 11.4 Å². The van der Waals surface area contributed by atoms with Crippen LogP contribution in [0.15, 0.2) is 54.2 Å². The highest BCUT2D eigenvalue weighted by Gasteiger charge is 2.23. The Hall–Kier alpha value is -2.27. The van der Waals surface area contributed by atoms with Crippen molar-refractivity contribution in [3.63, 3.8) is 0 Å². The Kier molecular flexibility index (Phi) is 4.39. The molecule has 23 heavy (non-hydrogen) atoms. The molecule has 0 saturated carbocycles. The average molecular weight is 336 g/mol. The van der Waals surface area contributed by atoms with Crippen molar-refractivity contribution in [3.8, 4) is 0 Å². The summed E-state index contributed by atoms with van der Waals surface area (Å²) in [5.74, 6) is 0. The van der Waals surface area contributed by atoms with Gasteiger partial charge >= 0.3 is 0 Å². The van der Waals surface area contributed by atoms with Gasteiger partial charge in [0.05, 0.1) is 17.1 Å². The molecule has 2 aromatic rings. The van der Waals surface area contributed by atoms with E-state index in [-0.39, 0.29) is 0 Å². The first-order chi connectivity index (χ1) is 11.1. The minimum absolute atomic E-state index is 0.298. The van der Waals surface area contributed by atoms with Crippen LogP contribution in [0, 0.1) is 0 Å². The molecule has 6 heteroatoms. The van der Waals surface area contributed by atoms with E-state index in [1.54, 1.807) is 6.07 Å². The van der Waals surface area contributed by atoms with Gasteiger partial charge in [-0.3, -0.25) is 0 Å². The quantitative estimate of drug-likeness (QED) is 0.872. The number of rotatable bonds is 2. The van der Waals surface area contributed by atoms with E-state index < -0.39 is 12.1 Å². The molecule has 2 aromatic carbocycles. The molecular formula is C17H16ClF2N3. The fourth-order valence-corrected chi connectivity index (χ4v) is 2.81. The second kappa shape index (κ2) is 6.46. The summed E-state index contributed by atoms with van der Waals surface area (Å²) in [4.78, 5) is 2.06. The lowest BCUT2D eigenvalue weighted by atomic mass is 10.1. The third-order valence-corrected chi connectivity index (χ3v) is 4.02. The van der Waals surface area contributed by atoms with Crippen molar-refractivity contribution < 1.29 is 8.78 Å². The summed E-state index contributed by atoms with van der Waals surface area (Å²) in [6.45, 7) is 1.12. The van der Waals surface area contributed by atoms with Crippen LogP contribution in [-0.2, 0) is 0 Å². The van der Waals surface area contributed by atoms with Gasteiger partial charge in [0.25, 0.3) is 6.43 Å². The summed E-state index contributed by atoms with van der Waals surface area (Å²) in [5, 5.41) is 3.69. The van der Waals surface area contributed by atoms with Crippen LogP contribution in [0.4, 0.5) is 20.2 Å². The molecule has 0 saturated heterocycles. The van der Waals surface area contributed by atoms with Crippen molar-refractivity contribution in [1.29, 1.82) is 0 Å². The van der Waals surface area contributed by atoms with Crippen molar-refractivity contribution in [2.45, 2.75) is 6.43 Å². The number of halogens is 3. The average Bonchev–Trinajstić information content (AvgIpc) is 2.74. The summed E-state index contributed by atoms with van der Waals surface area (Å²) in [6.07, 6.45) is -2.70. The van der Waals surface area contributed by atoms with Crippen molar-refractivity contribution in [2.24, 2.45) is 5.73 Å².